The summed E-state index contributed by atoms with van der Waals surface area (Å²) in [6.45, 7) is 3.08. The lowest BCUT2D eigenvalue weighted by Gasteiger charge is -2.11. The summed E-state index contributed by atoms with van der Waals surface area (Å²) in [6, 6.07) is 14.7. The van der Waals surface area contributed by atoms with E-state index >= 15 is 0 Å². The summed E-state index contributed by atoms with van der Waals surface area (Å²) in [5.41, 5.74) is 1.49. The van der Waals surface area contributed by atoms with Crippen LogP contribution in [0, 0.1) is 11.3 Å². The third-order valence-electron chi connectivity index (χ3n) is 4.74. The number of ether oxygens (including phenoxy) is 1. The first-order chi connectivity index (χ1) is 15.0. The molecule has 2 aromatic rings. The molecule has 6 heteroatoms. The molecular weight excluding hydrogens is 431 g/mol. The van der Waals surface area contributed by atoms with Crippen LogP contribution in [0.25, 0.3) is 6.08 Å². The Hall–Kier alpha value is -2.48. The predicted molar refractivity (Wildman–Crippen MR) is 127 cm³/mol. The van der Waals surface area contributed by atoms with E-state index in [0.717, 1.165) is 18.4 Å². The first-order valence-corrected chi connectivity index (χ1v) is 11.4. The number of hydrogen-bond acceptors (Lipinski definition) is 3. The third-order valence-corrected chi connectivity index (χ3v) is 5.30. The maximum Gasteiger partial charge on any atom is 0.262 e. The molecule has 4 nitrogen and oxygen atoms in total. The van der Waals surface area contributed by atoms with Crippen LogP contribution in [0.15, 0.2) is 48.0 Å². The van der Waals surface area contributed by atoms with E-state index in [0.29, 0.717) is 34.5 Å². The van der Waals surface area contributed by atoms with Gasteiger partial charge in [0.15, 0.2) is 5.75 Å². The minimum absolute atomic E-state index is 0.0242. The van der Waals surface area contributed by atoms with Crippen LogP contribution in [0.2, 0.25) is 10.0 Å². The summed E-state index contributed by atoms with van der Waals surface area (Å²) in [7, 11) is 0. The van der Waals surface area contributed by atoms with Gasteiger partial charge in [0.2, 0.25) is 0 Å². The Morgan fingerprint density at radius 3 is 2.35 bits per heavy atom. The van der Waals surface area contributed by atoms with Crippen molar-refractivity contribution in [2.24, 2.45) is 0 Å². The van der Waals surface area contributed by atoms with Gasteiger partial charge >= 0.3 is 0 Å². The van der Waals surface area contributed by atoms with Gasteiger partial charge in [-0.2, -0.15) is 5.26 Å². The van der Waals surface area contributed by atoms with E-state index in [4.69, 9.17) is 27.9 Å². The SMILES string of the molecule is CCCCCCCCOc1c(Cl)cc(/C=C(\C#N)C(=O)NCc2ccccc2)cc1Cl. The summed E-state index contributed by atoms with van der Waals surface area (Å²) in [6.07, 6.45) is 8.46. The molecule has 0 aliphatic carbocycles. The van der Waals surface area contributed by atoms with Crippen LogP contribution in [0.1, 0.15) is 56.6 Å². The quantitative estimate of drug-likeness (QED) is 0.212. The molecule has 0 spiro atoms. The van der Waals surface area contributed by atoms with Crippen molar-refractivity contribution in [1.29, 1.82) is 5.26 Å². The van der Waals surface area contributed by atoms with Gasteiger partial charge in [0.05, 0.1) is 16.7 Å². The summed E-state index contributed by atoms with van der Waals surface area (Å²) in [4.78, 5) is 12.4. The molecular formula is C25H28Cl2N2O2. The largest absolute Gasteiger partial charge is 0.490 e. The first-order valence-electron chi connectivity index (χ1n) is 10.6. The zero-order chi connectivity index (χ0) is 22.5. The lowest BCUT2D eigenvalue weighted by Crippen LogP contribution is -2.23. The second-order valence-corrected chi connectivity index (χ2v) is 8.08. The Labute approximate surface area is 194 Å². The van der Waals surface area contributed by atoms with Gasteiger partial charge in [-0.15, -0.1) is 0 Å². The number of unbranched alkanes of at least 4 members (excludes halogenated alkanes) is 5. The van der Waals surface area contributed by atoms with E-state index in [1.165, 1.54) is 31.8 Å². The summed E-state index contributed by atoms with van der Waals surface area (Å²) in [5, 5.41) is 12.8. The molecule has 2 aromatic carbocycles. The molecule has 164 valence electrons. The third kappa shape index (κ3) is 8.65. The van der Waals surface area contributed by atoms with Gasteiger partial charge in [-0.3, -0.25) is 4.79 Å². The van der Waals surface area contributed by atoms with Gasteiger partial charge < -0.3 is 10.1 Å². The summed E-state index contributed by atoms with van der Waals surface area (Å²) < 4.78 is 5.77. The number of rotatable bonds is 12. The van der Waals surface area contributed by atoms with Gasteiger partial charge in [0, 0.05) is 6.54 Å². The van der Waals surface area contributed by atoms with Crippen LogP contribution >= 0.6 is 23.2 Å². The van der Waals surface area contributed by atoms with Crippen LogP contribution in [0.3, 0.4) is 0 Å². The molecule has 0 aliphatic rings. The van der Waals surface area contributed by atoms with Crippen LogP contribution in [0.4, 0.5) is 0 Å². The van der Waals surface area contributed by atoms with Gasteiger partial charge in [-0.25, -0.2) is 0 Å². The minimum Gasteiger partial charge on any atom is -0.490 e. The van der Waals surface area contributed by atoms with E-state index in [1.807, 2.05) is 36.4 Å². The van der Waals surface area contributed by atoms with E-state index in [-0.39, 0.29) is 5.57 Å². The zero-order valence-electron chi connectivity index (χ0n) is 17.8. The molecule has 1 amide bonds. The van der Waals surface area contributed by atoms with Crippen molar-refractivity contribution in [3.8, 4) is 11.8 Å². The fourth-order valence-corrected chi connectivity index (χ4v) is 3.66. The van der Waals surface area contributed by atoms with Crippen LogP contribution in [-0.2, 0) is 11.3 Å². The number of nitriles is 1. The van der Waals surface area contributed by atoms with Gasteiger partial charge in [-0.05, 0) is 35.8 Å². The smallest absolute Gasteiger partial charge is 0.262 e. The molecule has 0 radical (unpaired) electrons. The molecule has 0 heterocycles. The number of carbonyl (C=O) groups excluding carboxylic acids is 1. The Kier molecular flexibility index (Phi) is 11.0. The zero-order valence-corrected chi connectivity index (χ0v) is 19.3. The topological polar surface area (TPSA) is 62.1 Å². The van der Waals surface area contributed by atoms with Crippen molar-refractivity contribution in [3.05, 3.63) is 69.2 Å². The van der Waals surface area contributed by atoms with E-state index in [1.54, 1.807) is 12.1 Å². The number of benzene rings is 2. The highest BCUT2D eigenvalue weighted by atomic mass is 35.5. The Morgan fingerprint density at radius 2 is 1.71 bits per heavy atom. The molecule has 0 fully saturated rings. The maximum atomic E-state index is 12.4. The van der Waals surface area contributed by atoms with Crippen LogP contribution in [-0.4, -0.2) is 12.5 Å². The average Bonchev–Trinajstić information content (AvgIpc) is 2.77. The lowest BCUT2D eigenvalue weighted by molar-refractivity contribution is -0.117. The fourth-order valence-electron chi connectivity index (χ4n) is 3.05. The van der Waals surface area contributed by atoms with Crippen molar-refractivity contribution in [1.82, 2.24) is 5.32 Å². The molecule has 0 saturated heterocycles. The maximum absolute atomic E-state index is 12.4. The molecule has 1 N–H and O–H groups in total. The van der Waals surface area contributed by atoms with E-state index in [9.17, 15) is 10.1 Å². The lowest BCUT2D eigenvalue weighted by atomic mass is 10.1. The Morgan fingerprint density at radius 1 is 1.06 bits per heavy atom. The molecule has 2 rings (SSSR count). The highest BCUT2D eigenvalue weighted by Gasteiger charge is 2.12. The van der Waals surface area contributed by atoms with Gasteiger partial charge in [-0.1, -0.05) is 92.6 Å². The van der Waals surface area contributed by atoms with Gasteiger partial charge in [0.25, 0.3) is 5.91 Å². The first kappa shape index (κ1) is 24.8. The van der Waals surface area contributed by atoms with Crippen molar-refractivity contribution < 1.29 is 9.53 Å². The second-order valence-electron chi connectivity index (χ2n) is 7.27. The molecule has 0 aromatic heterocycles. The predicted octanol–water partition coefficient (Wildman–Crippen LogP) is 6.96. The Balaban J connectivity index is 1.96. The number of amides is 1. The van der Waals surface area contributed by atoms with Crippen molar-refractivity contribution >= 4 is 35.2 Å². The summed E-state index contributed by atoms with van der Waals surface area (Å²) >= 11 is 12.7. The van der Waals surface area contributed by atoms with Crippen molar-refractivity contribution in [2.45, 2.75) is 52.0 Å². The fraction of sp³-hybridized carbons (Fsp3) is 0.360. The number of halogens is 2. The normalized spacial score (nSPS) is 11.1. The minimum atomic E-state index is -0.456. The number of nitrogens with zero attached hydrogens (tertiary/aromatic N) is 1. The molecule has 0 unspecified atom stereocenters. The molecule has 0 saturated carbocycles. The second kappa shape index (κ2) is 13.7. The summed E-state index contributed by atoms with van der Waals surface area (Å²) in [5.74, 6) is -0.0249. The van der Waals surface area contributed by atoms with E-state index in [2.05, 4.69) is 12.2 Å². The number of carbonyl (C=O) groups is 1. The van der Waals surface area contributed by atoms with Crippen molar-refractivity contribution in [2.75, 3.05) is 6.61 Å². The Bertz CT molecular complexity index is 898. The van der Waals surface area contributed by atoms with Crippen LogP contribution in [0.5, 0.6) is 5.75 Å². The standard InChI is InChI=1S/C25H28Cl2N2O2/c1-2-3-4-5-6-10-13-31-24-22(26)15-20(16-23(24)27)14-21(17-28)25(30)29-18-19-11-8-7-9-12-19/h7-9,11-12,14-16H,2-6,10,13,18H2,1H3,(H,29,30)/b21-14+. The molecule has 0 bridgehead atoms. The van der Waals surface area contributed by atoms with E-state index < -0.39 is 5.91 Å². The highest BCUT2D eigenvalue weighted by Crippen LogP contribution is 2.35. The monoisotopic (exact) mass is 458 g/mol. The molecule has 0 atom stereocenters. The number of nitrogens with one attached hydrogen (secondary N) is 1. The average molecular weight is 459 g/mol. The van der Waals surface area contributed by atoms with Gasteiger partial charge in [0.1, 0.15) is 11.6 Å². The molecule has 31 heavy (non-hydrogen) atoms. The number of hydrogen-bond donors (Lipinski definition) is 1. The molecule has 0 aliphatic heterocycles. The van der Waals surface area contributed by atoms with Crippen LogP contribution < -0.4 is 10.1 Å². The highest BCUT2D eigenvalue weighted by molar-refractivity contribution is 6.37. The van der Waals surface area contributed by atoms with Crippen molar-refractivity contribution in [3.63, 3.8) is 0 Å².